The minimum Gasteiger partial charge on any atom is -0.390 e. The van der Waals surface area contributed by atoms with Crippen LogP contribution in [0.3, 0.4) is 0 Å². The minimum atomic E-state index is -0.396. The molecule has 130 valence electrons. The molecule has 5 heteroatoms. The highest BCUT2D eigenvalue weighted by molar-refractivity contribution is 5.93. The fourth-order valence-electron chi connectivity index (χ4n) is 3.70. The summed E-state index contributed by atoms with van der Waals surface area (Å²) in [5, 5.41) is 15.8. The number of benzene rings is 1. The molecule has 1 aromatic carbocycles. The Labute approximate surface area is 147 Å². The molecule has 3 aromatic rings. The topological polar surface area (TPSA) is 46.2 Å². The molecule has 0 saturated carbocycles. The number of hydrogen-bond donors (Lipinski definition) is 1. The third-order valence-electron chi connectivity index (χ3n) is 4.96. The molecule has 0 saturated heterocycles. The summed E-state index contributed by atoms with van der Waals surface area (Å²) in [6.45, 7) is 3.09. The van der Waals surface area contributed by atoms with E-state index < -0.39 is 6.10 Å². The number of aryl methyl sites for hydroxylation is 1. The van der Waals surface area contributed by atoms with Gasteiger partial charge >= 0.3 is 0 Å². The van der Waals surface area contributed by atoms with Crippen LogP contribution in [0.4, 0.5) is 0 Å². The highest BCUT2D eigenvalue weighted by Gasteiger charge is 2.18. The molecule has 0 amide bonds. The maximum Gasteiger partial charge on any atom is 0.0862 e. The number of β-amino-alcohol motifs (C(OH)–C–C–N with tert-alkyl or cyclic N) is 1. The zero-order valence-corrected chi connectivity index (χ0v) is 14.5. The number of nitrogens with zero attached hydrogens (tertiary/aromatic N) is 4. The van der Waals surface area contributed by atoms with Gasteiger partial charge in [-0.1, -0.05) is 24.3 Å². The average Bonchev–Trinajstić information content (AvgIpc) is 3.24. The molecular weight excluding hydrogens is 312 g/mol. The van der Waals surface area contributed by atoms with Crippen LogP contribution in [0.25, 0.3) is 16.5 Å². The normalized spacial score (nSPS) is 17.0. The molecule has 25 heavy (non-hydrogen) atoms. The van der Waals surface area contributed by atoms with Crippen molar-refractivity contribution < 1.29 is 5.11 Å². The van der Waals surface area contributed by atoms with Gasteiger partial charge < -0.3 is 9.67 Å². The van der Waals surface area contributed by atoms with Crippen molar-refractivity contribution in [3.05, 3.63) is 60.6 Å². The monoisotopic (exact) mass is 336 g/mol. The quantitative estimate of drug-likeness (QED) is 0.779. The summed E-state index contributed by atoms with van der Waals surface area (Å²) in [6, 6.07) is 10.4. The van der Waals surface area contributed by atoms with Gasteiger partial charge in [-0.3, -0.25) is 9.58 Å². The van der Waals surface area contributed by atoms with Crippen LogP contribution in [-0.2, 0) is 13.6 Å². The Morgan fingerprint density at radius 3 is 2.84 bits per heavy atom. The first-order valence-corrected chi connectivity index (χ1v) is 8.82. The van der Waals surface area contributed by atoms with Gasteiger partial charge in [0, 0.05) is 61.7 Å². The maximum atomic E-state index is 10.3. The summed E-state index contributed by atoms with van der Waals surface area (Å²) in [5.41, 5.74) is 4.03. The molecule has 0 fully saturated rings. The van der Waals surface area contributed by atoms with Gasteiger partial charge in [-0.25, -0.2) is 0 Å². The van der Waals surface area contributed by atoms with Crippen molar-refractivity contribution in [3.8, 4) is 0 Å². The van der Waals surface area contributed by atoms with Crippen molar-refractivity contribution in [2.24, 2.45) is 7.05 Å². The molecule has 1 unspecified atom stereocenters. The Bertz CT molecular complexity index is 878. The molecule has 1 aliphatic rings. The molecule has 0 aliphatic carbocycles. The summed E-state index contributed by atoms with van der Waals surface area (Å²) in [7, 11) is 2.10. The van der Waals surface area contributed by atoms with Gasteiger partial charge in [0.15, 0.2) is 0 Å². The molecule has 1 atom stereocenters. The van der Waals surface area contributed by atoms with E-state index in [-0.39, 0.29) is 0 Å². The molecule has 0 spiro atoms. The molecular formula is C20H24N4O. The average molecular weight is 336 g/mol. The van der Waals surface area contributed by atoms with E-state index in [1.165, 1.54) is 22.0 Å². The number of aliphatic hydroxyl groups excluding tert-OH is 1. The van der Waals surface area contributed by atoms with E-state index in [2.05, 4.69) is 58.2 Å². The van der Waals surface area contributed by atoms with Crippen LogP contribution in [0, 0.1) is 0 Å². The number of aliphatic hydroxyl groups is 1. The molecule has 0 bridgehead atoms. The van der Waals surface area contributed by atoms with Crippen LogP contribution in [0.1, 0.15) is 12.0 Å². The second-order valence-corrected chi connectivity index (χ2v) is 6.79. The number of rotatable bonds is 5. The van der Waals surface area contributed by atoms with Crippen molar-refractivity contribution >= 4 is 16.5 Å². The number of aromatic nitrogens is 3. The van der Waals surface area contributed by atoms with Gasteiger partial charge in [0.2, 0.25) is 0 Å². The first-order valence-electron chi connectivity index (χ1n) is 8.82. The molecule has 1 aliphatic heterocycles. The second kappa shape index (κ2) is 6.86. The van der Waals surface area contributed by atoms with Crippen molar-refractivity contribution in [1.82, 2.24) is 19.2 Å². The summed E-state index contributed by atoms with van der Waals surface area (Å²) in [6.07, 6.45) is 8.80. The first kappa shape index (κ1) is 16.1. The van der Waals surface area contributed by atoms with Crippen LogP contribution < -0.4 is 0 Å². The molecule has 3 heterocycles. The number of hydrogen-bond acceptors (Lipinski definition) is 3. The maximum absolute atomic E-state index is 10.3. The van der Waals surface area contributed by atoms with Gasteiger partial charge in [-0.15, -0.1) is 0 Å². The van der Waals surface area contributed by atoms with Crippen molar-refractivity contribution in [3.63, 3.8) is 0 Å². The lowest BCUT2D eigenvalue weighted by atomic mass is 9.99. The predicted molar refractivity (Wildman–Crippen MR) is 100 cm³/mol. The summed E-state index contributed by atoms with van der Waals surface area (Å²) in [4.78, 5) is 2.31. The van der Waals surface area contributed by atoms with Gasteiger partial charge in [-0.05, 0) is 24.1 Å². The summed E-state index contributed by atoms with van der Waals surface area (Å²) >= 11 is 0. The predicted octanol–water partition coefficient (Wildman–Crippen LogP) is 2.53. The highest BCUT2D eigenvalue weighted by atomic mass is 16.3. The fourth-order valence-corrected chi connectivity index (χ4v) is 3.70. The molecule has 5 nitrogen and oxygen atoms in total. The fraction of sp³-hybridized carbons (Fsp3) is 0.350. The Morgan fingerprint density at radius 1 is 1.20 bits per heavy atom. The van der Waals surface area contributed by atoms with Crippen molar-refractivity contribution in [2.45, 2.75) is 19.1 Å². The first-order chi connectivity index (χ1) is 12.2. The lowest BCUT2D eigenvalue weighted by Gasteiger charge is -2.28. The van der Waals surface area contributed by atoms with E-state index in [1.807, 2.05) is 12.3 Å². The summed E-state index contributed by atoms with van der Waals surface area (Å²) in [5.74, 6) is 0. The third-order valence-corrected chi connectivity index (χ3v) is 4.96. The lowest BCUT2D eigenvalue weighted by molar-refractivity contribution is 0.0997. The van der Waals surface area contributed by atoms with E-state index in [1.54, 1.807) is 10.9 Å². The van der Waals surface area contributed by atoms with Gasteiger partial charge in [0.05, 0.1) is 12.6 Å². The van der Waals surface area contributed by atoms with E-state index in [4.69, 9.17) is 0 Å². The molecule has 1 N–H and O–H groups in total. The Hall–Kier alpha value is -2.37. The lowest BCUT2D eigenvalue weighted by Crippen LogP contribution is -2.37. The van der Waals surface area contributed by atoms with E-state index >= 15 is 0 Å². The molecule has 2 aromatic heterocycles. The largest absolute Gasteiger partial charge is 0.390 e. The summed E-state index contributed by atoms with van der Waals surface area (Å²) < 4.78 is 3.98. The van der Waals surface area contributed by atoms with Crippen molar-refractivity contribution in [1.29, 1.82) is 0 Å². The van der Waals surface area contributed by atoms with Gasteiger partial charge in [0.25, 0.3) is 0 Å². The molecule has 4 rings (SSSR count). The SMILES string of the molecule is Cn1cc(C2=CCN(CC(O)Cn3cccn3)CC2)c2ccccc21. The zero-order chi connectivity index (χ0) is 17.2. The van der Waals surface area contributed by atoms with Crippen molar-refractivity contribution in [2.75, 3.05) is 19.6 Å². The smallest absolute Gasteiger partial charge is 0.0862 e. The van der Waals surface area contributed by atoms with Crippen LogP contribution >= 0.6 is 0 Å². The Morgan fingerprint density at radius 2 is 2.08 bits per heavy atom. The number of para-hydroxylation sites is 1. The Kier molecular flexibility index (Phi) is 4.42. The van der Waals surface area contributed by atoms with E-state index in [0.29, 0.717) is 13.1 Å². The van der Waals surface area contributed by atoms with Crippen LogP contribution in [-0.4, -0.2) is 50.1 Å². The standard InChI is InChI=1S/C20H24N4O/c1-22-15-19(18-5-2-3-6-20(18)22)16-7-11-23(12-8-16)13-17(25)14-24-10-4-9-21-24/h2-7,9-10,15,17,25H,8,11-14H2,1H3. The van der Waals surface area contributed by atoms with Crippen LogP contribution in [0.5, 0.6) is 0 Å². The van der Waals surface area contributed by atoms with Crippen LogP contribution in [0.15, 0.2) is 55.0 Å². The van der Waals surface area contributed by atoms with E-state index in [0.717, 1.165) is 19.5 Å². The van der Waals surface area contributed by atoms with Gasteiger partial charge in [-0.2, -0.15) is 5.10 Å². The molecule has 0 radical (unpaired) electrons. The minimum absolute atomic E-state index is 0.396. The number of fused-ring (bicyclic) bond motifs is 1. The van der Waals surface area contributed by atoms with Crippen LogP contribution in [0.2, 0.25) is 0 Å². The highest BCUT2D eigenvalue weighted by Crippen LogP contribution is 2.30. The van der Waals surface area contributed by atoms with E-state index in [9.17, 15) is 5.11 Å². The third kappa shape index (κ3) is 3.38. The second-order valence-electron chi connectivity index (χ2n) is 6.79. The Balaban J connectivity index is 1.43. The van der Waals surface area contributed by atoms with Gasteiger partial charge in [0.1, 0.15) is 0 Å². The zero-order valence-electron chi connectivity index (χ0n) is 14.5.